The summed E-state index contributed by atoms with van der Waals surface area (Å²) in [6.45, 7) is 4.41. The predicted molar refractivity (Wildman–Crippen MR) is 293 cm³/mol. The zero-order chi connectivity index (χ0) is 63.5. The summed E-state index contributed by atoms with van der Waals surface area (Å²) in [7, 11) is 0. The van der Waals surface area contributed by atoms with Crippen molar-refractivity contribution in [3.63, 3.8) is 0 Å². The summed E-state index contributed by atoms with van der Waals surface area (Å²) in [6, 6.07) is -11.0. The van der Waals surface area contributed by atoms with E-state index >= 15 is 0 Å². The van der Waals surface area contributed by atoms with E-state index in [0.29, 0.717) is 21.6 Å². The smallest absolute Gasteiger partial charge is 0.325 e. The van der Waals surface area contributed by atoms with Crippen LogP contribution in [0, 0.1) is 5.92 Å². The molecule has 32 nitrogen and oxygen atoms in total. The zero-order valence-corrected chi connectivity index (χ0v) is 48.9. The molecule has 0 aromatic carbocycles. The monoisotopic (exact) mass is 1200 g/mol. The highest BCUT2D eigenvalue weighted by Crippen LogP contribution is 2.09. The highest BCUT2D eigenvalue weighted by Gasteiger charge is 2.34. The van der Waals surface area contributed by atoms with Gasteiger partial charge in [0, 0.05) is 46.3 Å². The summed E-state index contributed by atoms with van der Waals surface area (Å²) in [5.41, 5.74) is 0. The third-order valence-electron chi connectivity index (χ3n) is 12.7. The Balaban J connectivity index is 3.79. The molecule has 0 radical (unpaired) electrons. The molecule has 84 heavy (non-hydrogen) atoms. The van der Waals surface area contributed by atoms with Crippen molar-refractivity contribution in [2.45, 2.75) is 174 Å². The molecule has 7 atom stereocenters. The lowest BCUT2D eigenvalue weighted by Crippen LogP contribution is -2.60. The third-order valence-corrected chi connectivity index (χ3v) is 12.7. The summed E-state index contributed by atoms with van der Waals surface area (Å²) in [5, 5.41) is 64.9. The minimum absolute atomic E-state index is 0.0727. The maximum atomic E-state index is 14.0. The normalized spacial score (nSPS) is 21.8. The average molecular weight is 1200 g/mol. The molecule has 0 bridgehead atoms. The second-order valence-corrected chi connectivity index (χ2v) is 20.1. The summed E-state index contributed by atoms with van der Waals surface area (Å²) >= 11 is 0. The number of hydrogen-bond donors (Lipinski definition) is 14. The van der Waals surface area contributed by atoms with Crippen LogP contribution in [0.15, 0.2) is 12.2 Å². The van der Waals surface area contributed by atoms with Gasteiger partial charge < -0.3 is 63.0 Å². The molecule has 0 aromatic heterocycles. The van der Waals surface area contributed by atoms with E-state index in [4.69, 9.17) is 4.74 Å². The molecule has 13 amide bonds. The first-order chi connectivity index (χ1) is 39.6. The number of nitrogens with zero attached hydrogens (tertiary/aromatic N) is 3. The van der Waals surface area contributed by atoms with Gasteiger partial charge in [0.1, 0.15) is 55.4 Å². The number of cyclic esters (lactones) is 1. The van der Waals surface area contributed by atoms with E-state index in [0.717, 1.165) is 39.5 Å². The van der Waals surface area contributed by atoms with Crippen molar-refractivity contribution in [1.82, 2.24) is 68.4 Å². The van der Waals surface area contributed by atoms with Gasteiger partial charge in [0.05, 0.1) is 19.7 Å². The van der Waals surface area contributed by atoms with Crippen LogP contribution in [-0.4, -0.2) is 213 Å². The Morgan fingerprint density at radius 3 is 1.61 bits per heavy atom. The number of nitrogens with one attached hydrogen (secondary N) is 10. The molecule has 0 saturated carbocycles. The van der Waals surface area contributed by atoms with Crippen LogP contribution in [0.2, 0.25) is 0 Å². The first-order valence-electron chi connectivity index (χ1n) is 27.9. The van der Waals surface area contributed by atoms with Gasteiger partial charge in [0.15, 0.2) is 0 Å². The molecule has 0 aliphatic carbocycles. The lowest BCUT2D eigenvalue weighted by molar-refractivity contribution is -0.165. The molecule has 1 fully saturated rings. The number of hydrogen-bond acceptors (Lipinski definition) is 19. The fraction of sp³-hybridized carbons (Fsp3) is 0.692. The van der Waals surface area contributed by atoms with E-state index in [9.17, 15) is 87.9 Å². The van der Waals surface area contributed by atoms with E-state index < -0.39 is 164 Å². The molecule has 474 valence electrons. The molecule has 32 heteroatoms. The van der Waals surface area contributed by atoms with Crippen LogP contribution in [0.5, 0.6) is 0 Å². The quantitative estimate of drug-likeness (QED) is 0.0154. The van der Waals surface area contributed by atoms with Crippen LogP contribution in [0.25, 0.3) is 0 Å². The topological polar surface area (TPSA) is 459 Å². The Kier molecular flexibility index (Phi) is 35.7. The summed E-state index contributed by atoms with van der Waals surface area (Å²) in [5.74, 6) is -14.0. The molecule has 0 spiro atoms. The van der Waals surface area contributed by atoms with Crippen LogP contribution in [0.4, 0.5) is 0 Å². The van der Waals surface area contributed by atoms with Crippen molar-refractivity contribution in [2.24, 2.45) is 5.92 Å². The number of esters is 1. The van der Waals surface area contributed by atoms with Crippen molar-refractivity contribution in [3.05, 3.63) is 12.2 Å². The summed E-state index contributed by atoms with van der Waals surface area (Å²) in [6.07, 6.45) is 6.32. The first kappa shape index (κ1) is 74.2. The Hall–Kier alpha value is -7.84. The Morgan fingerprint density at radius 2 is 1.07 bits per heavy atom. The molecule has 1 aliphatic heterocycles. The molecular weight excluding hydrogens is 1110 g/mol. The zero-order valence-electron chi connectivity index (χ0n) is 48.9. The molecule has 7 unspecified atom stereocenters. The van der Waals surface area contributed by atoms with Gasteiger partial charge in [-0.15, -0.1) is 0 Å². The summed E-state index contributed by atoms with van der Waals surface area (Å²) < 4.78 is 5.29. The largest absolute Gasteiger partial charge is 0.462 e. The lowest BCUT2D eigenvalue weighted by atomic mass is 10.0. The van der Waals surface area contributed by atoms with Gasteiger partial charge in [0.2, 0.25) is 76.8 Å². The van der Waals surface area contributed by atoms with E-state index in [1.165, 1.54) is 27.7 Å². The van der Waals surface area contributed by atoms with Crippen LogP contribution in [0.1, 0.15) is 132 Å². The number of hydroxylamine groups is 6. The Morgan fingerprint density at radius 1 is 0.583 bits per heavy atom. The molecule has 1 saturated heterocycles. The maximum Gasteiger partial charge on any atom is 0.325 e. The van der Waals surface area contributed by atoms with Gasteiger partial charge in [-0.1, -0.05) is 59.1 Å². The first-order valence-corrected chi connectivity index (χ1v) is 27.9. The van der Waals surface area contributed by atoms with Gasteiger partial charge >= 0.3 is 5.97 Å². The minimum atomic E-state index is -1.79. The van der Waals surface area contributed by atoms with Crippen LogP contribution >= 0.6 is 0 Å². The van der Waals surface area contributed by atoms with E-state index in [-0.39, 0.29) is 71.0 Å². The molecular formula is C52H87N13O19. The fourth-order valence-electron chi connectivity index (χ4n) is 7.70. The molecule has 14 N–H and O–H groups in total. The van der Waals surface area contributed by atoms with E-state index in [1.54, 1.807) is 12.2 Å². The minimum Gasteiger partial charge on any atom is -0.462 e. The van der Waals surface area contributed by atoms with Gasteiger partial charge in [-0.2, -0.15) is 0 Å². The van der Waals surface area contributed by atoms with Crippen LogP contribution < -0.4 is 53.2 Å². The molecule has 1 heterocycles. The lowest BCUT2D eigenvalue weighted by Gasteiger charge is -2.27. The maximum absolute atomic E-state index is 14.0. The number of aliphatic hydroxyl groups excluding tert-OH is 1. The van der Waals surface area contributed by atoms with Gasteiger partial charge in [-0.05, 0) is 64.2 Å². The number of rotatable bonds is 23. The van der Waals surface area contributed by atoms with Gasteiger partial charge in [0.25, 0.3) is 0 Å². The van der Waals surface area contributed by atoms with Crippen molar-refractivity contribution >= 4 is 82.8 Å². The average Bonchev–Trinajstić information content (AvgIpc) is 3.44. The predicted octanol–water partition coefficient (Wildman–Crippen LogP) is -3.69. The van der Waals surface area contributed by atoms with Crippen LogP contribution in [-0.2, 0) is 71.9 Å². The number of carbonyl (C=O) groups is 14. The third kappa shape index (κ3) is 29.9. The van der Waals surface area contributed by atoms with E-state index in [2.05, 4.69) is 60.1 Å². The fourth-order valence-corrected chi connectivity index (χ4v) is 7.70. The second-order valence-electron chi connectivity index (χ2n) is 20.1. The summed E-state index contributed by atoms with van der Waals surface area (Å²) in [4.78, 5) is 184. The van der Waals surface area contributed by atoms with Crippen LogP contribution in [0.3, 0.4) is 0 Å². The number of aliphatic hydroxyl groups is 1. The molecule has 1 rings (SSSR count). The number of carbonyl (C=O) groups excluding carboxylic acids is 14. The van der Waals surface area contributed by atoms with Gasteiger partial charge in [-0.25, -0.2) is 15.2 Å². The van der Waals surface area contributed by atoms with E-state index in [1.807, 2.05) is 0 Å². The van der Waals surface area contributed by atoms with Crippen molar-refractivity contribution in [2.75, 3.05) is 52.5 Å². The second kappa shape index (κ2) is 40.4. The SMILES string of the molecule is CCCCCCC=CCC(=O)NC1COC(=O)CNC(=O)C(CCCN(O)C(C)=O)NC(=O)CNC(=O)C(C)NC(=O)C(CCCN(O)C(=O)CC)NC(=O)C(CO)NC(=O)C(C(C)C)NC(=O)CNC(=O)C(CCCN(O)C(C)=O)NC1=O. The number of amides is 13. The highest BCUT2D eigenvalue weighted by atomic mass is 16.5. The Bertz CT molecular complexity index is 2290. The Labute approximate surface area is 487 Å². The number of ether oxygens (including phenoxy) is 1. The van der Waals surface area contributed by atoms with Crippen molar-refractivity contribution in [3.8, 4) is 0 Å². The standard InChI is InChI=1S/C52H87N13O19/c1-8-10-11-12-13-14-15-22-40(69)58-39-30-84-44(73)28-55-47(75)35(19-16-23-63(81)33(6)67)57-41(70)26-53-46(74)32(5)56-49(77)37(21-18-25-65(83)43(72)9-2)60-50(78)38(29-66)61-52(80)45(31(3)4)62-42(71)27-54-48(76)36(59-51(39)79)20-17-24-64(82)34(7)68/h14-15,31-32,35-39,45,66,81-83H,8-13,16-30H2,1-7H3,(H,53,74)(H,54,76)(H,55,75)(H,56,77)(H,57,70)(H,58,69)(H,59,79)(H,60,78)(H,61,80)(H,62,71). The number of allylic oxidation sites excluding steroid dienone is 1. The highest BCUT2D eigenvalue weighted by molar-refractivity contribution is 5.98. The van der Waals surface area contributed by atoms with Crippen molar-refractivity contribution in [1.29, 1.82) is 0 Å². The molecule has 0 aromatic rings. The molecule has 1 aliphatic rings. The van der Waals surface area contributed by atoms with Crippen molar-refractivity contribution < 1.29 is 92.6 Å². The number of unbranched alkanes of at least 4 members (excludes halogenated alkanes) is 4. The van der Waals surface area contributed by atoms with Gasteiger partial charge in [-0.3, -0.25) is 82.7 Å².